The molecule has 0 aliphatic carbocycles. The third-order valence-electron chi connectivity index (χ3n) is 5.47. The van der Waals surface area contributed by atoms with Gasteiger partial charge in [0.2, 0.25) is 0 Å². The molecule has 4 nitrogen and oxygen atoms in total. The standard InChI is InChI=1S/C21H21N3O/c1-22-18-11-5-3-9-16(18)21-23(2)19-12-6-4-10-17(19)20(22)24(21)14-15-8-7-13-25-15/h3-13,20-21H,14H2,1-2H3. The summed E-state index contributed by atoms with van der Waals surface area (Å²) in [6.07, 6.45) is 2.14. The van der Waals surface area contributed by atoms with Crippen LogP contribution in [-0.4, -0.2) is 19.0 Å². The first-order chi connectivity index (χ1) is 12.3. The second-order valence-electron chi connectivity index (χ2n) is 6.84. The van der Waals surface area contributed by atoms with E-state index in [0.29, 0.717) is 0 Å². The van der Waals surface area contributed by atoms with E-state index in [1.54, 1.807) is 6.26 Å². The number of nitrogens with zero attached hydrogens (tertiary/aromatic N) is 3. The molecule has 0 radical (unpaired) electrons. The Morgan fingerprint density at radius 1 is 0.760 bits per heavy atom. The maximum atomic E-state index is 5.67. The fraction of sp³-hybridized carbons (Fsp3) is 0.238. The Kier molecular flexibility index (Phi) is 3.15. The van der Waals surface area contributed by atoms with E-state index in [1.165, 1.54) is 22.5 Å². The third kappa shape index (κ3) is 2.04. The SMILES string of the molecule is CN1c2ccccc2C2N(C)c3ccccc3C1N2Cc1ccco1. The number of fused-ring (bicyclic) bond motifs is 6. The fourth-order valence-corrected chi connectivity index (χ4v) is 4.43. The molecule has 0 saturated carbocycles. The molecule has 2 atom stereocenters. The van der Waals surface area contributed by atoms with Crippen LogP contribution >= 0.6 is 0 Å². The lowest BCUT2D eigenvalue weighted by Crippen LogP contribution is -2.54. The molecular formula is C21H21N3O. The molecule has 4 heteroatoms. The Balaban J connectivity index is 1.72. The number of hydrogen-bond donors (Lipinski definition) is 0. The van der Waals surface area contributed by atoms with Gasteiger partial charge in [-0.2, -0.15) is 0 Å². The maximum Gasteiger partial charge on any atom is 0.117 e. The van der Waals surface area contributed by atoms with Gasteiger partial charge >= 0.3 is 0 Å². The van der Waals surface area contributed by atoms with Crippen molar-refractivity contribution >= 4 is 11.4 Å². The monoisotopic (exact) mass is 331 g/mol. The summed E-state index contributed by atoms with van der Waals surface area (Å²) in [5, 5.41) is 0. The van der Waals surface area contributed by atoms with Gasteiger partial charge in [-0.3, -0.25) is 0 Å². The number of furan rings is 1. The highest BCUT2D eigenvalue weighted by molar-refractivity contribution is 5.68. The largest absolute Gasteiger partial charge is 0.468 e. The normalized spacial score (nSPS) is 21.8. The lowest BCUT2D eigenvalue weighted by atomic mass is 9.93. The lowest BCUT2D eigenvalue weighted by molar-refractivity contribution is 0.0903. The molecule has 5 rings (SSSR count). The van der Waals surface area contributed by atoms with Crippen molar-refractivity contribution in [2.45, 2.75) is 18.9 Å². The highest BCUT2D eigenvalue weighted by Crippen LogP contribution is 2.52. The fourth-order valence-electron chi connectivity index (χ4n) is 4.43. The molecular weight excluding hydrogens is 310 g/mol. The Labute approximate surface area is 147 Å². The zero-order valence-electron chi connectivity index (χ0n) is 14.5. The molecule has 0 amide bonds. The van der Waals surface area contributed by atoms with E-state index in [9.17, 15) is 0 Å². The van der Waals surface area contributed by atoms with Crippen molar-refractivity contribution in [3.05, 3.63) is 83.8 Å². The summed E-state index contributed by atoms with van der Waals surface area (Å²) in [5.74, 6) is 0.996. The molecule has 1 aromatic heterocycles. The van der Waals surface area contributed by atoms with Gasteiger partial charge in [-0.25, -0.2) is 4.90 Å². The number of benzene rings is 2. The van der Waals surface area contributed by atoms with Crippen molar-refractivity contribution in [1.29, 1.82) is 0 Å². The quantitative estimate of drug-likeness (QED) is 0.695. The minimum absolute atomic E-state index is 0.192. The highest BCUT2D eigenvalue weighted by Gasteiger charge is 2.45. The van der Waals surface area contributed by atoms with Gasteiger partial charge in [0.1, 0.15) is 18.1 Å². The average molecular weight is 331 g/mol. The van der Waals surface area contributed by atoms with Crippen LogP contribution in [0.25, 0.3) is 0 Å². The number of rotatable bonds is 2. The van der Waals surface area contributed by atoms with Crippen LogP contribution in [0.3, 0.4) is 0 Å². The van der Waals surface area contributed by atoms with E-state index in [4.69, 9.17) is 4.42 Å². The number of hydrogen-bond acceptors (Lipinski definition) is 4. The first-order valence-corrected chi connectivity index (χ1v) is 8.67. The topological polar surface area (TPSA) is 22.9 Å². The molecule has 0 fully saturated rings. The number of para-hydroxylation sites is 2. The van der Waals surface area contributed by atoms with E-state index in [0.717, 1.165) is 12.3 Å². The second kappa shape index (κ2) is 5.39. The summed E-state index contributed by atoms with van der Waals surface area (Å²) in [7, 11) is 4.38. The van der Waals surface area contributed by atoms with Gasteiger partial charge in [-0.1, -0.05) is 36.4 Å². The molecule has 2 bridgehead atoms. The molecule has 2 aliphatic rings. The van der Waals surface area contributed by atoms with Crippen molar-refractivity contribution in [1.82, 2.24) is 4.90 Å². The van der Waals surface area contributed by atoms with Gasteiger partial charge in [0.15, 0.2) is 0 Å². The summed E-state index contributed by atoms with van der Waals surface area (Å²) in [4.78, 5) is 7.30. The molecule has 0 spiro atoms. The van der Waals surface area contributed by atoms with Gasteiger partial charge < -0.3 is 14.2 Å². The highest BCUT2D eigenvalue weighted by atomic mass is 16.3. The van der Waals surface area contributed by atoms with Crippen molar-refractivity contribution in [2.24, 2.45) is 0 Å². The Hall–Kier alpha value is -2.72. The van der Waals surface area contributed by atoms with Crippen LogP contribution in [0, 0.1) is 0 Å². The average Bonchev–Trinajstić information content (AvgIpc) is 3.15. The van der Waals surface area contributed by atoms with Crippen LogP contribution in [-0.2, 0) is 6.54 Å². The molecule has 3 aromatic rings. The van der Waals surface area contributed by atoms with E-state index < -0.39 is 0 Å². The molecule has 0 saturated heterocycles. The van der Waals surface area contributed by atoms with Crippen LogP contribution in [0.4, 0.5) is 11.4 Å². The molecule has 126 valence electrons. The first-order valence-electron chi connectivity index (χ1n) is 8.67. The lowest BCUT2D eigenvalue weighted by Gasteiger charge is -2.55. The summed E-state index contributed by atoms with van der Waals surface area (Å²) < 4.78 is 5.67. The summed E-state index contributed by atoms with van der Waals surface area (Å²) in [5.41, 5.74) is 5.28. The first kappa shape index (κ1) is 14.6. The van der Waals surface area contributed by atoms with Crippen molar-refractivity contribution < 1.29 is 4.42 Å². The molecule has 25 heavy (non-hydrogen) atoms. The van der Waals surface area contributed by atoms with Gasteiger partial charge in [0, 0.05) is 36.6 Å². The van der Waals surface area contributed by atoms with Crippen LogP contribution in [0.15, 0.2) is 71.3 Å². The predicted octanol–water partition coefficient (Wildman–Crippen LogP) is 4.38. The van der Waals surface area contributed by atoms with Gasteiger partial charge in [-0.15, -0.1) is 0 Å². The summed E-state index contributed by atoms with van der Waals surface area (Å²) in [6.45, 7) is 0.777. The van der Waals surface area contributed by atoms with Crippen LogP contribution in [0.2, 0.25) is 0 Å². The van der Waals surface area contributed by atoms with Crippen molar-refractivity contribution in [3.63, 3.8) is 0 Å². The predicted molar refractivity (Wildman–Crippen MR) is 99.4 cm³/mol. The maximum absolute atomic E-state index is 5.67. The minimum atomic E-state index is 0.192. The van der Waals surface area contributed by atoms with E-state index in [-0.39, 0.29) is 12.3 Å². The van der Waals surface area contributed by atoms with Gasteiger partial charge in [0.05, 0.1) is 12.8 Å². The van der Waals surface area contributed by atoms with Gasteiger partial charge in [-0.05, 0) is 24.3 Å². The summed E-state index contributed by atoms with van der Waals surface area (Å²) in [6, 6.07) is 21.5. The zero-order chi connectivity index (χ0) is 17.0. The van der Waals surface area contributed by atoms with Crippen molar-refractivity contribution in [2.75, 3.05) is 23.9 Å². The van der Waals surface area contributed by atoms with E-state index in [2.05, 4.69) is 83.4 Å². The Morgan fingerprint density at radius 3 is 1.84 bits per heavy atom. The second-order valence-corrected chi connectivity index (χ2v) is 6.84. The Morgan fingerprint density at radius 2 is 1.32 bits per heavy atom. The molecule has 3 heterocycles. The van der Waals surface area contributed by atoms with Crippen LogP contribution in [0.1, 0.15) is 29.2 Å². The molecule has 0 N–H and O–H groups in total. The van der Waals surface area contributed by atoms with E-state index >= 15 is 0 Å². The molecule has 2 unspecified atom stereocenters. The van der Waals surface area contributed by atoms with Crippen LogP contribution in [0.5, 0.6) is 0 Å². The van der Waals surface area contributed by atoms with Gasteiger partial charge in [0.25, 0.3) is 0 Å². The van der Waals surface area contributed by atoms with Crippen molar-refractivity contribution in [3.8, 4) is 0 Å². The smallest absolute Gasteiger partial charge is 0.117 e. The third-order valence-corrected chi connectivity index (χ3v) is 5.47. The van der Waals surface area contributed by atoms with Crippen LogP contribution < -0.4 is 9.80 Å². The van der Waals surface area contributed by atoms with E-state index in [1.807, 2.05) is 6.07 Å². The molecule has 2 aliphatic heterocycles. The minimum Gasteiger partial charge on any atom is -0.468 e. The zero-order valence-corrected chi connectivity index (χ0v) is 14.5. The summed E-state index contributed by atoms with van der Waals surface area (Å²) >= 11 is 0. The Bertz CT molecular complexity index is 848. The molecule has 2 aromatic carbocycles. The number of anilines is 2.